The second-order valence-corrected chi connectivity index (χ2v) is 7.53. The lowest BCUT2D eigenvalue weighted by Gasteiger charge is -2.21. The predicted molar refractivity (Wildman–Crippen MR) is 85.1 cm³/mol. The molecule has 2 heterocycles. The molecule has 2 rings (SSSR count). The molecule has 0 aromatic carbocycles. The summed E-state index contributed by atoms with van der Waals surface area (Å²) in [7, 11) is 0. The van der Waals surface area contributed by atoms with Gasteiger partial charge in [-0.25, -0.2) is 4.98 Å². The van der Waals surface area contributed by atoms with Crippen molar-refractivity contribution < 1.29 is 0 Å². The van der Waals surface area contributed by atoms with Crippen LogP contribution < -0.4 is 5.32 Å². The van der Waals surface area contributed by atoms with Gasteiger partial charge in [-0.2, -0.15) is 0 Å². The minimum absolute atomic E-state index is 0.0201. The Balaban J connectivity index is 2.50. The van der Waals surface area contributed by atoms with Crippen molar-refractivity contribution in [3.05, 3.63) is 22.8 Å². The summed E-state index contributed by atoms with van der Waals surface area (Å²) in [6.45, 7) is 13.0. The Morgan fingerprint density at radius 1 is 1.37 bits per heavy atom. The third-order valence-corrected chi connectivity index (χ3v) is 3.50. The Morgan fingerprint density at radius 3 is 2.63 bits per heavy atom. The van der Waals surface area contributed by atoms with Gasteiger partial charge in [-0.1, -0.05) is 19.9 Å². The number of rotatable bonds is 3. The molecule has 0 spiro atoms. The van der Waals surface area contributed by atoms with Crippen LogP contribution in [-0.4, -0.2) is 14.9 Å². The number of allylic oxidation sites excluding steroid dienone is 1. The van der Waals surface area contributed by atoms with Crippen LogP contribution in [0, 0.1) is 12.8 Å². The van der Waals surface area contributed by atoms with Gasteiger partial charge in [0.1, 0.15) is 11.5 Å². The van der Waals surface area contributed by atoms with Crippen molar-refractivity contribution in [2.45, 2.75) is 47.1 Å². The molecule has 2 aromatic rings. The fourth-order valence-corrected chi connectivity index (χ4v) is 2.68. The maximum absolute atomic E-state index is 4.72. The summed E-state index contributed by atoms with van der Waals surface area (Å²) in [5, 5.41) is 3.57. The minimum atomic E-state index is 0.0201. The average Bonchev–Trinajstić information content (AvgIpc) is 2.72. The molecular weight excluding hydrogens is 254 g/mol. The molecule has 2 aromatic heterocycles. The number of fused-ring (bicyclic) bond motifs is 1. The van der Waals surface area contributed by atoms with E-state index in [9.17, 15) is 0 Å². The van der Waals surface area contributed by atoms with Crippen LogP contribution in [0.4, 0.5) is 5.82 Å². The first-order chi connectivity index (χ1) is 8.76. The molecule has 0 amide bonds. The summed E-state index contributed by atoms with van der Waals surface area (Å²) in [5.74, 6) is 1.62. The van der Waals surface area contributed by atoms with Crippen LogP contribution in [-0.2, 0) is 0 Å². The normalized spacial score (nSPS) is 13.0. The van der Waals surface area contributed by atoms with E-state index in [0.717, 1.165) is 16.5 Å². The number of hydrogen-bond donors (Lipinski definition) is 1. The third kappa shape index (κ3) is 3.38. The Bertz CT molecular complexity index is 597. The van der Waals surface area contributed by atoms with Crippen molar-refractivity contribution in [3.63, 3.8) is 0 Å². The van der Waals surface area contributed by atoms with E-state index in [-0.39, 0.29) is 5.54 Å². The van der Waals surface area contributed by atoms with Gasteiger partial charge >= 0.3 is 0 Å². The van der Waals surface area contributed by atoms with Crippen LogP contribution >= 0.6 is 11.3 Å². The van der Waals surface area contributed by atoms with E-state index >= 15 is 0 Å². The van der Waals surface area contributed by atoms with E-state index in [0.29, 0.717) is 5.92 Å². The highest BCUT2D eigenvalue weighted by atomic mass is 32.1. The summed E-state index contributed by atoms with van der Waals surface area (Å²) < 4.78 is 2.16. The molecule has 0 bridgehead atoms. The van der Waals surface area contributed by atoms with E-state index < -0.39 is 0 Å². The lowest BCUT2D eigenvalue weighted by atomic mass is 10.1. The van der Waals surface area contributed by atoms with Crippen LogP contribution in [0.2, 0.25) is 0 Å². The van der Waals surface area contributed by atoms with E-state index in [4.69, 9.17) is 4.98 Å². The molecule has 0 saturated heterocycles. The standard InChI is InChI=1S/C15H23N3S/c1-10(2)7-8-12-13(17-15(4,5)6)18-9-11(3)19-14(18)16-12/h7-10,17H,1-6H3/b8-7+. The minimum Gasteiger partial charge on any atom is -0.365 e. The lowest BCUT2D eigenvalue weighted by molar-refractivity contribution is 0.629. The molecule has 3 nitrogen and oxygen atoms in total. The number of hydrogen-bond acceptors (Lipinski definition) is 3. The lowest BCUT2D eigenvalue weighted by Crippen LogP contribution is -2.27. The zero-order chi connectivity index (χ0) is 14.2. The van der Waals surface area contributed by atoms with Crippen LogP contribution in [0.25, 0.3) is 11.0 Å². The maximum Gasteiger partial charge on any atom is 0.196 e. The fourth-order valence-electron chi connectivity index (χ4n) is 1.85. The number of imidazole rings is 1. The molecule has 4 heteroatoms. The summed E-state index contributed by atoms with van der Waals surface area (Å²) in [5.41, 5.74) is 1.04. The van der Waals surface area contributed by atoms with Gasteiger partial charge < -0.3 is 5.32 Å². The summed E-state index contributed by atoms with van der Waals surface area (Å²) in [4.78, 5) is 7.05. The molecule has 0 atom stereocenters. The van der Waals surface area contributed by atoms with Gasteiger partial charge in [0, 0.05) is 16.6 Å². The van der Waals surface area contributed by atoms with E-state index in [2.05, 4.69) is 69.6 Å². The van der Waals surface area contributed by atoms with Gasteiger partial charge in [0.15, 0.2) is 4.96 Å². The second kappa shape index (κ2) is 5.00. The average molecular weight is 277 g/mol. The molecule has 0 unspecified atom stereocenters. The Morgan fingerprint density at radius 2 is 2.05 bits per heavy atom. The first-order valence-electron chi connectivity index (χ1n) is 6.71. The molecular formula is C15H23N3S. The Labute approximate surface area is 119 Å². The topological polar surface area (TPSA) is 29.3 Å². The zero-order valence-electron chi connectivity index (χ0n) is 12.6. The molecule has 0 aliphatic rings. The van der Waals surface area contributed by atoms with Gasteiger partial charge in [0.05, 0.1) is 0 Å². The Kier molecular flexibility index (Phi) is 3.72. The number of aromatic nitrogens is 2. The highest BCUT2D eigenvalue weighted by molar-refractivity contribution is 7.17. The molecule has 0 fully saturated rings. The molecule has 1 N–H and O–H groups in total. The summed E-state index contributed by atoms with van der Waals surface area (Å²) in [6, 6.07) is 0. The quantitative estimate of drug-likeness (QED) is 0.889. The van der Waals surface area contributed by atoms with Gasteiger partial charge in [0.2, 0.25) is 0 Å². The van der Waals surface area contributed by atoms with Gasteiger partial charge in [0.25, 0.3) is 0 Å². The molecule has 0 saturated carbocycles. The van der Waals surface area contributed by atoms with Crippen molar-refractivity contribution in [1.82, 2.24) is 9.38 Å². The predicted octanol–water partition coefficient (Wildman–Crippen LogP) is 4.58. The first kappa shape index (κ1) is 14.1. The van der Waals surface area contributed by atoms with Crippen LogP contribution in [0.15, 0.2) is 12.3 Å². The smallest absolute Gasteiger partial charge is 0.196 e. The highest BCUT2D eigenvalue weighted by Crippen LogP contribution is 2.28. The van der Waals surface area contributed by atoms with Gasteiger partial charge in [-0.3, -0.25) is 4.40 Å². The number of nitrogens with zero attached hydrogens (tertiary/aromatic N) is 2. The second-order valence-electron chi connectivity index (χ2n) is 6.32. The van der Waals surface area contributed by atoms with Crippen LogP contribution in [0.5, 0.6) is 0 Å². The molecule has 0 radical (unpaired) electrons. The monoisotopic (exact) mass is 277 g/mol. The molecule has 104 valence electrons. The van der Waals surface area contributed by atoms with E-state index in [1.54, 1.807) is 11.3 Å². The summed E-state index contributed by atoms with van der Waals surface area (Å²) >= 11 is 1.73. The van der Waals surface area contributed by atoms with E-state index in [1.807, 2.05) is 0 Å². The van der Waals surface area contributed by atoms with Gasteiger partial charge in [-0.15, -0.1) is 11.3 Å². The number of anilines is 1. The molecule has 0 aliphatic heterocycles. The number of nitrogens with one attached hydrogen (secondary N) is 1. The third-order valence-electron chi connectivity index (χ3n) is 2.60. The largest absolute Gasteiger partial charge is 0.365 e. The number of thiazole rings is 1. The van der Waals surface area contributed by atoms with Crippen molar-refractivity contribution in [1.29, 1.82) is 0 Å². The molecule has 19 heavy (non-hydrogen) atoms. The Hall–Kier alpha value is -1.29. The highest BCUT2D eigenvalue weighted by Gasteiger charge is 2.17. The SMILES string of the molecule is Cc1cn2c(NC(C)(C)C)c(/C=C/C(C)C)nc2s1. The van der Waals surface area contributed by atoms with Crippen molar-refractivity contribution in [2.75, 3.05) is 5.32 Å². The van der Waals surface area contributed by atoms with Crippen LogP contribution in [0.3, 0.4) is 0 Å². The van der Waals surface area contributed by atoms with Crippen molar-refractivity contribution in [3.8, 4) is 0 Å². The summed E-state index contributed by atoms with van der Waals surface area (Å²) in [6.07, 6.45) is 6.45. The van der Waals surface area contributed by atoms with Gasteiger partial charge in [-0.05, 0) is 39.7 Å². The first-order valence-corrected chi connectivity index (χ1v) is 7.53. The zero-order valence-corrected chi connectivity index (χ0v) is 13.4. The van der Waals surface area contributed by atoms with E-state index in [1.165, 1.54) is 4.88 Å². The fraction of sp³-hybridized carbons (Fsp3) is 0.533. The molecule has 0 aliphatic carbocycles. The van der Waals surface area contributed by atoms with Crippen LogP contribution in [0.1, 0.15) is 45.2 Å². The van der Waals surface area contributed by atoms with Crippen molar-refractivity contribution >= 4 is 28.2 Å². The maximum atomic E-state index is 4.72. The van der Waals surface area contributed by atoms with Crippen molar-refractivity contribution in [2.24, 2.45) is 5.92 Å². The number of aryl methyl sites for hydroxylation is 1.